The summed E-state index contributed by atoms with van der Waals surface area (Å²) in [6.45, 7) is 2.57. The van der Waals surface area contributed by atoms with Gasteiger partial charge in [-0.2, -0.15) is 0 Å². The monoisotopic (exact) mass is 1080 g/mol. The molecule has 15 heteroatoms. The first kappa shape index (κ1) is 69.6. The lowest BCUT2D eigenvalue weighted by molar-refractivity contribution is -0.332. The van der Waals surface area contributed by atoms with Gasteiger partial charge >= 0.3 is 11.9 Å². The SMILES string of the molecule is CCCCC/C=C/C/C=C/C/C=C/C/C=C/CCCCCC(=O)OC[C@H](CO[C@H]1O[C@@H](CO[C@H]2O[C@@H](CO)[C@@H](O)C(O)C2O)[C@@H](O)C(O)C1O)OC(=O)CCCCCCCCCCCCCCCCCCCCCCC. The number of ether oxygens (including phenoxy) is 6. The van der Waals surface area contributed by atoms with Crippen molar-refractivity contribution >= 4 is 11.9 Å². The van der Waals surface area contributed by atoms with Crippen LogP contribution in [0.5, 0.6) is 0 Å². The van der Waals surface area contributed by atoms with Crippen LogP contribution in [-0.2, 0) is 38.0 Å². The van der Waals surface area contributed by atoms with Gasteiger partial charge in [-0.05, 0) is 57.8 Å². The van der Waals surface area contributed by atoms with Gasteiger partial charge in [0.2, 0.25) is 0 Å². The summed E-state index contributed by atoms with van der Waals surface area (Å²) in [5.74, 6) is -0.952. The largest absolute Gasteiger partial charge is 0.462 e. The maximum absolute atomic E-state index is 13.1. The van der Waals surface area contributed by atoms with E-state index in [1.807, 2.05) is 0 Å². The molecule has 2 aliphatic heterocycles. The molecule has 11 atom stereocenters. The van der Waals surface area contributed by atoms with E-state index < -0.39 is 99.3 Å². The van der Waals surface area contributed by atoms with E-state index in [2.05, 4.69) is 62.5 Å². The van der Waals surface area contributed by atoms with Crippen molar-refractivity contribution in [3.63, 3.8) is 0 Å². The fraction of sp³-hybridized carbons (Fsp3) is 0.836. The molecule has 2 aliphatic rings. The zero-order valence-electron chi connectivity index (χ0n) is 47.2. The van der Waals surface area contributed by atoms with Gasteiger partial charge in [0.05, 0.1) is 19.8 Å². The van der Waals surface area contributed by atoms with Crippen molar-refractivity contribution in [3.8, 4) is 0 Å². The van der Waals surface area contributed by atoms with Crippen LogP contribution in [0.1, 0.15) is 232 Å². The number of unbranched alkanes of at least 4 members (excludes halogenated alkanes) is 26. The lowest BCUT2D eigenvalue weighted by atomic mass is 9.98. The van der Waals surface area contributed by atoms with Gasteiger partial charge in [-0.15, -0.1) is 0 Å². The lowest BCUT2D eigenvalue weighted by Gasteiger charge is -2.42. The first-order valence-electron chi connectivity index (χ1n) is 30.2. The third-order valence-corrected chi connectivity index (χ3v) is 14.3. The van der Waals surface area contributed by atoms with E-state index >= 15 is 0 Å². The molecule has 0 saturated carbocycles. The lowest BCUT2D eigenvalue weighted by Crippen LogP contribution is -2.61. The molecule has 0 spiro atoms. The molecule has 2 heterocycles. The summed E-state index contributed by atoms with van der Waals surface area (Å²) in [5, 5.41) is 72.3. The molecular formula is C61H108O15. The average Bonchev–Trinajstić information content (AvgIpc) is 3.42. The molecule has 76 heavy (non-hydrogen) atoms. The summed E-state index contributed by atoms with van der Waals surface area (Å²) in [6, 6.07) is 0. The molecule has 0 radical (unpaired) electrons. The Morgan fingerprint density at radius 2 is 0.789 bits per heavy atom. The van der Waals surface area contributed by atoms with Gasteiger partial charge in [0, 0.05) is 12.8 Å². The quantitative estimate of drug-likeness (QED) is 0.0171. The number of aliphatic hydroxyl groups excluding tert-OH is 7. The third kappa shape index (κ3) is 33.8. The van der Waals surface area contributed by atoms with Crippen LogP contribution in [0.2, 0.25) is 0 Å². The van der Waals surface area contributed by atoms with Crippen molar-refractivity contribution in [1.82, 2.24) is 0 Å². The van der Waals surface area contributed by atoms with Crippen molar-refractivity contribution in [2.24, 2.45) is 0 Å². The van der Waals surface area contributed by atoms with Crippen LogP contribution in [0.15, 0.2) is 48.6 Å². The molecule has 4 unspecified atom stereocenters. The van der Waals surface area contributed by atoms with Crippen molar-refractivity contribution in [1.29, 1.82) is 0 Å². The van der Waals surface area contributed by atoms with Crippen molar-refractivity contribution < 1.29 is 73.8 Å². The maximum Gasteiger partial charge on any atom is 0.306 e. The predicted octanol–water partition coefficient (Wildman–Crippen LogP) is 10.6. The first-order chi connectivity index (χ1) is 37.0. The number of aliphatic hydroxyl groups is 7. The summed E-state index contributed by atoms with van der Waals surface area (Å²) in [7, 11) is 0. The highest BCUT2D eigenvalue weighted by Crippen LogP contribution is 2.27. The normalized spacial score (nSPS) is 24.6. The number of carbonyl (C=O) groups excluding carboxylic acids is 2. The zero-order chi connectivity index (χ0) is 55.3. The Kier molecular flexibility index (Phi) is 43.3. The number of carbonyl (C=O) groups is 2. The van der Waals surface area contributed by atoms with E-state index in [0.29, 0.717) is 12.8 Å². The molecule has 7 N–H and O–H groups in total. The van der Waals surface area contributed by atoms with Crippen LogP contribution in [0.4, 0.5) is 0 Å². The van der Waals surface area contributed by atoms with Gasteiger partial charge in [-0.3, -0.25) is 9.59 Å². The Hall–Kier alpha value is -2.54. The third-order valence-electron chi connectivity index (χ3n) is 14.3. The zero-order valence-corrected chi connectivity index (χ0v) is 47.2. The number of allylic oxidation sites excluding steroid dienone is 8. The van der Waals surface area contributed by atoms with Gasteiger partial charge in [-0.1, -0.05) is 210 Å². The van der Waals surface area contributed by atoms with E-state index in [-0.39, 0.29) is 19.4 Å². The molecule has 2 saturated heterocycles. The minimum absolute atomic E-state index is 0.160. The van der Waals surface area contributed by atoms with Crippen LogP contribution >= 0.6 is 0 Å². The van der Waals surface area contributed by atoms with Crippen molar-refractivity contribution in [3.05, 3.63) is 48.6 Å². The molecule has 0 amide bonds. The Morgan fingerprint density at radius 1 is 0.421 bits per heavy atom. The van der Waals surface area contributed by atoms with Gasteiger partial charge < -0.3 is 64.2 Å². The highest BCUT2D eigenvalue weighted by molar-refractivity contribution is 5.70. The Balaban J connectivity index is 1.75. The molecule has 2 rings (SSSR count). The van der Waals surface area contributed by atoms with Gasteiger partial charge in [-0.25, -0.2) is 0 Å². The summed E-state index contributed by atoms with van der Waals surface area (Å²) in [6.07, 6.45) is 38.4. The molecule has 0 aliphatic carbocycles. The van der Waals surface area contributed by atoms with E-state index in [4.69, 9.17) is 28.4 Å². The molecular weight excluding hydrogens is 973 g/mol. The van der Waals surface area contributed by atoms with Gasteiger partial charge in [0.1, 0.15) is 55.4 Å². The highest BCUT2D eigenvalue weighted by atomic mass is 16.7. The molecule has 0 bridgehead atoms. The van der Waals surface area contributed by atoms with Crippen LogP contribution in [0, 0.1) is 0 Å². The van der Waals surface area contributed by atoms with Gasteiger partial charge in [0.25, 0.3) is 0 Å². The highest BCUT2D eigenvalue weighted by Gasteiger charge is 2.47. The van der Waals surface area contributed by atoms with E-state index in [0.717, 1.165) is 64.2 Å². The number of hydrogen-bond acceptors (Lipinski definition) is 15. The maximum atomic E-state index is 13.1. The second-order valence-corrected chi connectivity index (χ2v) is 21.2. The molecule has 2 fully saturated rings. The smallest absolute Gasteiger partial charge is 0.306 e. The van der Waals surface area contributed by atoms with E-state index in [9.17, 15) is 45.3 Å². The number of hydrogen-bond donors (Lipinski definition) is 7. The molecule has 442 valence electrons. The summed E-state index contributed by atoms with van der Waals surface area (Å²) in [5.41, 5.74) is 0. The first-order valence-corrected chi connectivity index (χ1v) is 30.2. The Morgan fingerprint density at radius 3 is 1.26 bits per heavy atom. The molecule has 0 aromatic heterocycles. The van der Waals surface area contributed by atoms with Crippen LogP contribution < -0.4 is 0 Å². The van der Waals surface area contributed by atoms with Gasteiger partial charge in [0.15, 0.2) is 18.7 Å². The molecule has 15 nitrogen and oxygen atoms in total. The van der Waals surface area contributed by atoms with Crippen molar-refractivity contribution in [2.75, 3.05) is 26.4 Å². The second-order valence-electron chi connectivity index (χ2n) is 21.2. The molecule has 0 aromatic rings. The average molecular weight is 1080 g/mol. The Labute approximate surface area is 458 Å². The van der Waals surface area contributed by atoms with Crippen LogP contribution in [-0.4, -0.2) is 142 Å². The fourth-order valence-corrected chi connectivity index (χ4v) is 9.38. The van der Waals surface area contributed by atoms with E-state index in [1.165, 1.54) is 128 Å². The topological polar surface area (TPSA) is 231 Å². The Bertz CT molecular complexity index is 1500. The summed E-state index contributed by atoms with van der Waals surface area (Å²) in [4.78, 5) is 25.9. The van der Waals surface area contributed by atoms with Crippen LogP contribution in [0.3, 0.4) is 0 Å². The second kappa shape index (κ2) is 47.3. The molecule has 0 aromatic carbocycles. The minimum Gasteiger partial charge on any atom is -0.462 e. The van der Waals surface area contributed by atoms with Crippen molar-refractivity contribution in [2.45, 2.75) is 300 Å². The fourth-order valence-electron chi connectivity index (χ4n) is 9.38. The summed E-state index contributed by atoms with van der Waals surface area (Å²) >= 11 is 0. The summed E-state index contributed by atoms with van der Waals surface area (Å²) < 4.78 is 33.7. The van der Waals surface area contributed by atoms with E-state index in [1.54, 1.807) is 0 Å². The number of rotatable bonds is 48. The predicted molar refractivity (Wildman–Crippen MR) is 298 cm³/mol. The minimum atomic E-state index is -1.77. The standard InChI is InChI=1S/C61H108O15/c1-3-5-7-9-11-13-15-17-19-21-23-24-26-28-30-32-34-36-38-40-42-44-53(64)74-49(46-71-52(63)43-41-39-37-35-33-31-29-27-25-22-20-18-16-14-12-10-8-6-4-2)47-72-60-59(70)57(68)55(66)51(76-60)48-73-61-58(69)56(67)54(65)50(45-62)75-61/h12,14,18,20,25,27,31,33,49-51,54-62,65-70H,3-11,13,15-17,19,21-24,26,28-30,32,34-48H2,1-2H3/b14-12+,20-18+,27-25+,33-31+/t49-,50+,51+,54-,55-,56?,57?,58?,59?,60+,61+/m1/s1. The van der Waals surface area contributed by atoms with Crippen LogP contribution in [0.25, 0.3) is 0 Å². The number of esters is 2.